The molecule has 94 valence electrons. The number of thiazole rings is 1. The molecular weight excluding hydrogens is 248 g/mol. The van der Waals surface area contributed by atoms with E-state index in [4.69, 9.17) is 5.11 Å². The van der Waals surface area contributed by atoms with E-state index < -0.39 is 5.97 Å². The number of carboxylic acid groups (broad SMARTS) is 1. The molecule has 0 saturated heterocycles. The summed E-state index contributed by atoms with van der Waals surface area (Å²) in [5.41, 5.74) is 1.00. The quantitative estimate of drug-likeness (QED) is 0.898. The molecule has 1 saturated carbocycles. The largest absolute Gasteiger partial charge is 0.480 e. The lowest BCUT2D eigenvalue weighted by Gasteiger charge is -2.17. The van der Waals surface area contributed by atoms with Crippen LogP contribution in [0.4, 0.5) is 0 Å². The lowest BCUT2D eigenvalue weighted by atomic mass is 10.3. The Hall–Kier alpha value is -1.46. The highest BCUT2D eigenvalue weighted by molar-refractivity contribution is 7.18. The number of aromatic nitrogens is 1. The fraction of sp³-hybridized carbons (Fsp3) is 0.385. The normalized spacial score (nSPS) is 15.4. The van der Waals surface area contributed by atoms with E-state index in [1.54, 1.807) is 11.3 Å². The van der Waals surface area contributed by atoms with Crippen molar-refractivity contribution in [2.24, 2.45) is 0 Å². The predicted molar refractivity (Wildman–Crippen MR) is 70.7 cm³/mol. The Morgan fingerprint density at radius 2 is 2.22 bits per heavy atom. The Balaban J connectivity index is 1.78. The Kier molecular flexibility index (Phi) is 3.01. The lowest BCUT2D eigenvalue weighted by Crippen LogP contribution is -2.31. The zero-order valence-electron chi connectivity index (χ0n) is 9.87. The first-order valence-corrected chi connectivity index (χ1v) is 6.84. The average Bonchev–Trinajstić information content (AvgIpc) is 3.08. The second-order valence-electron chi connectivity index (χ2n) is 4.61. The molecule has 1 aliphatic rings. The third-order valence-corrected chi connectivity index (χ3v) is 4.10. The first kappa shape index (κ1) is 11.6. The van der Waals surface area contributed by atoms with Gasteiger partial charge in [0.1, 0.15) is 5.01 Å². The van der Waals surface area contributed by atoms with Crippen LogP contribution in [0.1, 0.15) is 17.8 Å². The molecule has 1 aliphatic carbocycles. The molecule has 0 amide bonds. The zero-order valence-corrected chi connectivity index (χ0v) is 10.7. The van der Waals surface area contributed by atoms with Crippen LogP contribution in [0.3, 0.4) is 0 Å². The minimum absolute atomic E-state index is 0.112. The zero-order chi connectivity index (χ0) is 12.5. The van der Waals surface area contributed by atoms with E-state index in [1.807, 2.05) is 23.1 Å². The van der Waals surface area contributed by atoms with E-state index in [2.05, 4.69) is 11.1 Å². The third-order valence-electron chi connectivity index (χ3n) is 3.08. The van der Waals surface area contributed by atoms with Crippen molar-refractivity contribution in [2.45, 2.75) is 25.4 Å². The maximum absolute atomic E-state index is 10.8. The first-order chi connectivity index (χ1) is 8.72. The summed E-state index contributed by atoms with van der Waals surface area (Å²) in [7, 11) is 0. The Morgan fingerprint density at radius 3 is 2.89 bits per heavy atom. The summed E-state index contributed by atoms with van der Waals surface area (Å²) in [6, 6.07) is 8.46. The Morgan fingerprint density at radius 1 is 1.44 bits per heavy atom. The van der Waals surface area contributed by atoms with Gasteiger partial charge in [0, 0.05) is 6.04 Å². The van der Waals surface area contributed by atoms with Gasteiger partial charge in [-0.15, -0.1) is 11.3 Å². The SMILES string of the molecule is O=C(O)CN(Cc1nc2ccccc2s1)C1CC1. The first-order valence-electron chi connectivity index (χ1n) is 6.02. The van der Waals surface area contributed by atoms with Gasteiger partial charge in [-0.2, -0.15) is 0 Å². The summed E-state index contributed by atoms with van der Waals surface area (Å²) in [5, 5.41) is 9.92. The van der Waals surface area contributed by atoms with Gasteiger partial charge in [0.05, 0.1) is 23.3 Å². The predicted octanol–water partition coefficient (Wildman–Crippen LogP) is 2.35. The van der Waals surface area contributed by atoms with E-state index >= 15 is 0 Å². The Bertz CT molecular complexity index is 544. The van der Waals surface area contributed by atoms with E-state index in [-0.39, 0.29) is 6.54 Å². The van der Waals surface area contributed by atoms with E-state index in [0.717, 1.165) is 23.4 Å². The number of hydrogen-bond acceptors (Lipinski definition) is 4. The summed E-state index contributed by atoms with van der Waals surface area (Å²) in [6.45, 7) is 0.761. The molecule has 0 atom stereocenters. The van der Waals surface area contributed by atoms with Crippen molar-refractivity contribution in [2.75, 3.05) is 6.54 Å². The average molecular weight is 262 g/mol. The highest BCUT2D eigenvalue weighted by Crippen LogP contribution is 2.30. The van der Waals surface area contributed by atoms with E-state index in [9.17, 15) is 4.79 Å². The molecule has 1 N–H and O–H groups in total. The molecule has 0 aliphatic heterocycles. The van der Waals surface area contributed by atoms with Crippen LogP contribution in [0.2, 0.25) is 0 Å². The van der Waals surface area contributed by atoms with Crippen LogP contribution in [-0.4, -0.2) is 33.5 Å². The van der Waals surface area contributed by atoms with Crippen LogP contribution in [0.25, 0.3) is 10.2 Å². The summed E-state index contributed by atoms with van der Waals surface area (Å²) >= 11 is 1.65. The van der Waals surface area contributed by atoms with Crippen molar-refractivity contribution in [3.8, 4) is 0 Å². The monoisotopic (exact) mass is 262 g/mol. The van der Waals surface area contributed by atoms with Crippen LogP contribution in [0.15, 0.2) is 24.3 Å². The van der Waals surface area contributed by atoms with Gasteiger partial charge >= 0.3 is 5.97 Å². The number of para-hydroxylation sites is 1. The molecule has 1 aromatic heterocycles. The molecule has 0 spiro atoms. The van der Waals surface area contributed by atoms with Gasteiger partial charge in [-0.3, -0.25) is 9.69 Å². The minimum atomic E-state index is -0.761. The maximum atomic E-state index is 10.8. The molecule has 1 fully saturated rings. The standard InChI is InChI=1S/C13H14N2O2S/c16-13(17)8-15(9-5-6-9)7-12-14-10-3-1-2-4-11(10)18-12/h1-4,9H,5-8H2,(H,16,17). The number of benzene rings is 1. The van der Waals surface area contributed by atoms with Crippen molar-refractivity contribution < 1.29 is 9.90 Å². The van der Waals surface area contributed by atoms with Gasteiger partial charge in [0.25, 0.3) is 0 Å². The van der Waals surface area contributed by atoms with Crippen molar-refractivity contribution in [3.63, 3.8) is 0 Å². The van der Waals surface area contributed by atoms with Crippen LogP contribution >= 0.6 is 11.3 Å². The van der Waals surface area contributed by atoms with Crippen molar-refractivity contribution >= 4 is 27.5 Å². The molecule has 0 unspecified atom stereocenters. The maximum Gasteiger partial charge on any atom is 0.317 e. The lowest BCUT2D eigenvalue weighted by molar-refractivity contribution is -0.138. The van der Waals surface area contributed by atoms with Gasteiger partial charge in [-0.25, -0.2) is 4.98 Å². The molecule has 1 aromatic carbocycles. The highest BCUT2D eigenvalue weighted by Gasteiger charge is 2.30. The molecule has 3 rings (SSSR count). The van der Waals surface area contributed by atoms with Gasteiger partial charge in [-0.1, -0.05) is 12.1 Å². The molecular formula is C13H14N2O2S. The molecule has 4 nitrogen and oxygen atoms in total. The summed E-state index contributed by atoms with van der Waals surface area (Å²) in [5.74, 6) is -0.761. The van der Waals surface area contributed by atoms with Crippen molar-refractivity contribution in [1.29, 1.82) is 0 Å². The molecule has 0 bridgehead atoms. The fourth-order valence-electron chi connectivity index (χ4n) is 2.09. The molecule has 5 heteroatoms. The van der Waals surface area contributed by atoms with Crippen LogP contribution in [0.5, 0.6) is 0 Å². The number of nitrogens with zero attached hydrogens (tertiary/aromatic N) is 2. The third kappa shape index (κ3) is 2.52. The number of aliphatic carboxylic acids is 1. The van der Waals surface area contributed by atoms with Gasteiger partial charge in [0.15, 0.2) is 0 Å². The number of hydrogen-bond donors (Lipinski definition) is 1. The van der Waals surface area contributed by atoms with Gasteiger partial charge < -0.3 is 5.11 Å². The summed E-state index contributed by atoms with van der Waals surface area (Å²) in [6.07, 6.45) is 2.22. The highest BCUT2D eigenvalue weighted by atomic mass is 32.1. The molecule has 1 heterocycles. The minimum Gasteiger partial charge on any atom is -0.480 e. The van der Waals surface area contributed by atoms with Gasteiger partial charge in [-0.05, 0) is 25.0 Å². The van der Waals surface area contributed by atoms with E-state index in [1.165, 1.54) is 4.70 Å². The van der Waals surface area contributed by atoms with Crippen LogP contribution < -0.4 is 0 Å². The summed E-state index contributed by atoms with van der Waals surface area (Å²) < 4.78 is 1.17. The fourth-order valence-corrected chi connectivity index (χ4v) is 3.08. The summed E-state index contributed by atoms with van der Waals surface area (Å²) in [4.78, 5) is 17.4. The molecule has 0 radical (unpaired) electrons. The number of rotatable bonds is 5. The van der Waals surface area contributed by atoms with Crippen molar-refractivity contribution in [3.05, 3.63) is 29.3 Å². The van der Waals surface area contributed by atoms with Crippen molar-refractivity contribution in [1.82, 2.24) is 9.88 Å². The second kappa shape index (κ2) is 4.66. The van der Waals surface area contributed by atoms with Gasteiger partial charge in [0.2, 0.25) is 0 Å². The number of fused-ring (bicyclic) bond motifs is 1. The second-order valence-corrected chi connectivity index (χ2v) is 5.72. The number of carbonyl (C=O) groups is 1. The molecule has 18 heavy (non-hydrogen) atoms. The molecule has 2 aromatic rings. The number of carboxylic acids is 1. The van der Waals surface area contributed by atoms with Crippen LogP contribution in [0, 0.1) is 0 Å². The van der Waals surface area contributed by atoms with E-state index in [0.29, 0.717) is 12.6 Å². The smallest absolute Gasteiger partial charge is 0.317 e. The topological polar surface area (TPSA) is 53.4 Å². The van der Waals surface area contributed by atoms with Crippen LogP contribution in [-0.2, 0) is 11.3 Å². The Labute approximate surface area is 109 Å².